The molecule has 0 bridgehead atoms. The number of aromatic nitrogens is 2. The molecule has 0 atom stereocenters. The number of carbonyl (C=O) groups is 1. The summed E-state index contributed by atoms with van der Waals surface area (Å²) in [6, 6.07) is 6.17. The Morgan fingerprint density at radius 1 is 1.26 bits per heavy atom. The average Bonchev–Trinajstić information content (AvgIpc) is 3.03. The van der Waals surface area contributed by atoms with E-state index in [-0.39, 0.29) is 24.8 Å². The number of nitrogens with zero attached hydrogens (tertiary/aromatic N) is 2. The summed E-state index contributed by atoms with van der Waals surface area (Å²) >= 11 is 1.30. The number of hydrogen-bond acceptors (Lipinski definition) is 4. The summed E-state index contributed by atoms with van der Waals surface area (Å²) < 4.78 is 42.2. The summed E-state index contributed by atoms with van der Waals surface area (Å²) in [5.41, 5.74) is 3.26. The van der Waals surface area contributed by atoms with E-state index in [1.807, 2.05) is 36.7 Å². The number of amides is 1. The van der Waals surface area contributed by atoms with E-state index >= 15 is 0 Å². The Balaban J connectivity index is 1.76. The number of benzene rings is 1. The van der Waals surface area contributed by atoms with Gasteiger partial charge in [0.25, 0.3) is 0 Å². The van der Waals surface area contributed by atoms with Crippen molar-refractivity contribution >= 4 is 17.7 Å². The lowest BCUT2D eigenvalue weighted by Gasteiger charge is -2.10. The maximum Gasteiger partial charge on any atom is 0.411 e. The molecular formula is C18H22F3N3O2S. The molecule has 0 radical (unpaired) electrons. The monoisotopic (exact) mass is 401 g/mol. The van der Waals surface area contributed by atoms with Crippen molar-refractivity contribution in [1.82, 2.24) is 14.9 Å². The average molecular weight is 401 g/mol. The summed E-state index contributed by atoms with van der Waals surface area (Å²) in [6.07, 6.45) is -0.482. The molecule has 148 valence electrons. The van der Waals surface area contributed by atoms with Crippen LogP contribution in [0.5, 0.6) is 0 Å². The van der Waals surface area contributed by atoms with Crippen molar-refractivity contribution in [2.75, 3.05) is 25.5 Å². The van der Waals surface area contributed by atoms with Crippen LogP contribution in [-0.4, -0.2) is 47.1 Å². The van der Waals surface area contributed by atoms with Crippen molar-refractivity contribution < 1.29 is 22.7 Å². The minimum Gasteiger partial charge on any atom is -0.372 e. The number of aryl methyl sites for hydroxylation is 2. The zero-order valence-electron chi connectivity index (χ0n) is 15.2. The first-order chi connectivity index (χ1) is 12.7. The van der Waals surface area contributed by atoms with Crippen LogP contribution in [0.3, 0.4) is 0 Å². The number of ether oxygens (including phenoxy) is 1. The van der Waals surface area contributed by atoms with Gasteiger partial charge < -0.3 is 10.1 Å². The van der Waals surface area contributed by atoms with Gasteiger partial charge in [-0.1, -0.05) is 17.8 Å². The standard InChI is InChI=1S/C18H22F3N3O2S/c1-13-8-14(2)10-15(9-13)24-6-5-23-17(24)27-11-16(25)22-4-3-7-26-12-18(19,20)21/h5-6,8-10H,3-4,7,11-12H2,1-2H3,(H,22,25). The molecular weight excluding hydrogens is 379 g/mol. The molecule has 0 aliphatic rings. The third kappa shape index (κ3) is 7.64. The van der Waals surface area contributed by atoms with E-state index in [0.717, 1.165) is 16.8 Å². The van der Waals surface area contributed by atoms with Gasteiger partial charge >= 0.3 is 6.18 Å². The highest BCUT2D eigenvalue weighted by atomic mass is 32.2. The Hall–Kier alpha value is -2.00. The van der Waals surface area contributed by atoms with Crippen molar-refractivity contribution in [3.8, 4) is 5.69 Å². The van der Waals surface area contributed by atoms with Gasteiger partial charge in [-0.25, -0.2) is 4.98 Å². The van der Waals surface area contributed by atoms with Crippen LogP contribution >= 0.6 is 11.8 Å². The predicted molar refractivity (Wildman–Crippen MR) is 98.3 cm³/mol. The molecule has 0 saturated carbocycles. The zero-order valence-corrected chi connectivity index (χ0v) is 16.0. The molecule has 1 N–H and O–H groups in total. The predicted octanol–water partition coefficient (Wildman–Crippen LogP) is 3.67. The molecule has 2 rings (SSSR count). The second kappa shape index (κ2) is 9.80. The summed E-state index contributed by atoms with van der Waals surface area (Å²) in [5.74, 6) is -0.0311. The molecule has 0 spiro atoms. The van der Waals surface area contributed by atoms with Crippen LogP contribution in [0.25, 0.3) is 5.69 Å². The maximum absolute atomic E-state index is 11.9. The Kier molecular flexibility index (Phi) is 7.73. The molecule has 1 heterocycles. The summed E-state index contributed by atoms with van der Waals surface area (Å²) in [6.45, 7) is 2.99. The van der Waals surface area contributed by atoms with Crippen molar-refractivity contribution in [3.05, 3.63) is 41.7 Å². The summed E-state index contributed by atoms with van der Waals surface area (Å²) in [7, 11) is 0. The number of alkyl halides is 3. The van der Waals surface area contributed by atoms with E-state index in [1.54, 1.807) is 6.20 Å². The third-order valence-electron chi connectivity index (χ3n) is 3.48. The lowest BCUT2D eigenvalue weighted by molar-refractivity contribution is -0.174. The fourth-order valence-corrected chi connectivity index (χ4v) is 3.26. The van der Waals surface area contributed by atoms with Gasteiger partial charge in [-0.05, 0) is 43.5 Å². The van der Waals surface area contributed by atoms with E-state index in [2.05, 4.69) is 21.1 Å². The summed E-state index contributed by atoms with van der Waals surface area (Å²) in [5, 5.41) is 3.36. The quantitative estimate of drug-likeness (QED) is 0.515. The highest BCUT2D eigenvalue weighted by Gasteiger charge is 2.27. The highest BCUT2D eigenvalue weighted by Crippen LogP contribution is 2.22. The first-order valence-electron chi connectivity index (χ1n) is 8.40. The summed E-state index contributed by atoms with van der Waals surface area (Å²) in [4.78, 5) is 16.2. The Labute approximate surface area is 160 Å². The van der Waals surface area contributed by atoms with Crippen LogP contribution in [0.1, 0.15) is 17.5 Å². The van der Waals surface area contributed by atoms with Crippen molar-refractivity contribution in [2.45, 2.75) is 31.6 Å². The van der Waals surface area contributed by atoms with Gasteiger partial charge in [0.2, 0.25) is 5.91 Å². The van der Waals surface area contributed by atoms with Crippen LogP contribution in [0.15, 0.2) is 35.7 Å². The molecule has 2 aromatic rings. The molecule has 0 aliphatic heterocycles. The van der Waals surface area contributed by atoms with E-state index < -0.39 is 12.8 Å². The first-order valence-corrected chi connectivity index (χ1v) is 9.39. The molecule has 0 unspecified atom stereocenters. The van der Waals surface area contributed by atoms with Crippen LogP contribution in [0, 0.1) is 13.8 Å². The van der Waals surface area contributed by atoms with Crippen molar-refractivity contribution in [2.24, 2.45) is 0 Å². The molecule has 1 aromatic heterocycles. The number of nitrogens with one attached hydrogen (secondary N) is 1. The third-order valence-corrected chi connectivity index (χ3v) is 4.44. The van der Waals surface area contributed by atoms with Crippen molar-refractivity contribution in [1.29, 1.82) is 0 Å². The van der Waals surface area contributed by atoms with E-state index in [1.165, 1.54) is 11.8 Å². The highest BCUT2D eigenvalue weighted by molar-refractivity contribution is 7.99. The lowest BCUT2D eigenvalue weighted by Crippen LogP contribution is -2.27. The largest absolute Gasteiger partial charge is 0.411 e. The molecule has 1 amide bonds. The molecule has 0 fully saturated rings. The Bertz CT molecular complexity index is 742. The smallest absolute Gasteiger partial charge is 0.372 e. The van der Waals surface area contributed by atoms with Gasteiger partial charge in [0.05, 0.1) is 5.75 Å². The fraction of sp³-hybridized carbons (Fsp3) is 0.444. The number of hydrogen-bond donors (Lipinski definition) is 1. The number of halogens is 3. The van der Waals surface area contributed by atoms with Crippen LogP contribution in [0.2, 0.25) is 0 Å². The van der Waals surface area contributed by atoms with Gasteiger partial charge in [-0.2, -0.15) is 13.2 Å². The fourth-order valence-electron chi connectivity index (χ4n) is 2.45. The zero-order chi connectivity index (χ0) is 19.9. The van der Waals surface area contributed by atoms with E-state index in [4.69, 9.17) is 0 Å². The van der Waals surface area contributed by atoms with Gasteiger partial charge in [0.15, 0.2) is 5.16 Å². The van der Waals surface area contributed by atoms with E-state index in [9.17, 15) is 18.0 Å². The Morgan fingerprint density at radius 3 is 2.63 bits per heavy atom. The van der Waals surface area contributed by atoms with Gasteiger partial charge in [0, 0.05) is 31.2 Å². The molecule has 0 saturated heterocycles. The second-order valence-electron chi connectivity index (χ2n) is 6.09. The number of imidazole rings is 1. The van der Waals surface area contributed by atoms with Crippen LogP contribution in [-0.2, 0) is 9.53 Å². The maximum atomic E-state index is 11.9. The molecule has 0 aliphatic carbocycles. The van der Waals surface area contributed by atoms with Crippen molar-refractivity contribution in [3.63, 3.8) is 0 Å². The van der Waals surface area contributed by atoms with Crippen LogP contribution in [0.4, 0.5) is 13.2 Å². The minimum absolute atomic E-state index is 0.0515. The van der Waals surface area contributed by atoms with Gasteiger partial charge in [-0.15, -0.1) is 0 Å². The number of rotatable bonds is 9. The van der Waals surface area contributed by atoms with E-state index in [0.29, 0.717) is 11.6 Å². The Morgan fingerprint density at radius 2 is 1.96 bits per heavy atom. The SMILES string of the molecule is Cc1cc(C)cc(-n2ccnc2SCC(=O)NCCCOCC(F)(F)F)c1. The first kappa shape index (κ1) is 21.3. The van der Waals surface area contributed by atoms with Gasteiger partial charge in [-0.3, -0.25) is 9.36 Å². The number of carbonyl (C=O) groups excluding carboxylic acids is 1. The number of thioether (sulfide) groups is 1. The lowest BCUT2D eigenvalue weighted by atomic mass is 10.1. The molecule has 27 heavy (non-hydrogen) atoms. The normalized spacial score (nSPS) is 11.6. The molecule has 1 aromatic carbocycles. The molecule has 5 nitrogen and oxygen atoms in total. The van der Waals surface area contributed by atoms with Gasteiger partial charge in [0.1, 0.15) is 6.61 Å². The molecule has 9 heteroatoms. The topological polar surface area (TPSA) is 56.2 Å². The second-order valence-corrected chi connectivity index (χ2v) is 7.03. The minimum atomic E-state index is -4.32. The van der Waals surface area contributed by atoms with Crippen LogP contribution < -0.4 is 5.32 Å².